The lowest BCUT2D eigenvalue weighted by Gasteiger charge is -2.21. The molecule has 0 spiro atoms. The highest BCUT2D eigenvalue weighted by atomic mass is 79.9. The highest BCUT2D eigenvalue weighted by molar-refractivity contribution is 9.10. The second kappa shape index (κ2) is 7.70. The highest BCUT2D eigenvalue weighted by Gasteiger charge is 2.25. The van der Waals surface area contributed by atoms with Crippen molar-refractivity contribution < 1.29 is 9.84 Å². The highest BCUT2D eigenvalue weighted by Crippen LogP contribution is 2.38. The number of anilines is 1. The molecule has 7 heteroatoms. The van der Waals surface area contributed by atoms with E-state index in [4.69, 9.17) is 9.84 Å². The fraction of sp³-hybridized carbons (Fsp3) is 0.300. The number of halogens is 1. The van der Waals surface area contributed by atoms with Crippen molar-refractivity contribution in [2.45, 2.75) is 25.9 Å². The van der Waals surface area contributed by atoms with Crippen LogP contribution < -0.4 is 10.1 Å². The Hall–Kier alpha value is -2.38. The summed E-state index contributed by atoms with van der Waals surface area (Å²) in [7, 11) is 0. The molecule has 1 aromatic heterocycles. The monoisotopic (exact) mass is 428 g/mol. The molecule has 0 saturated heterocycles. The average molecular weight is 429 g/mol. The number of aryl methyl sites for hydroxylation is 2. The fourth-order valence-corrected chi connectivity index (χ4v) is 3.88. The van der Waals surface area contributed by atoms with Crippen LogP contribution in [0.2, 0.25) is 0 Å². The number of nitrogens with zero attached hydrogens (tertiary/aromatic N) is 3. The average Bonchev–Trinajstić information content (AvgIpc) is 2.97. The van der Waals surface area contributed by atoms with Crippen molar-refractivity contribution in [2.75, 3.05) is 18.5 Å². The van der Waals surface area contributed by atoms with Crippen LogP contribution in [0.3, 0.4) is 0 Å². The second-order valence-electron chi connectivity index (χ2n) is 6.56. The lowest BCUT2D eigenvalue weighted by Crippen LogP contribution is -2.12. The van der Waals surface area contributed by atoms with E-state index in [0.29, 0.717) is 6.61 Å². The minimum absolute atomic E-state index is 0.0108. The van der Waals surface area contributed by atoms with Crippen molar-refractivity contribution >= 4 is 21.6 Å². The van der Waals surface area contributed by atoms with Crippen LogP contribution in [0.5, 0.6) is 5.75 Å². The van der Waals surface area contributed by atoms with E-state index in [2.05, 4.69) is 49.8 Å². The Morgan fingerprint density at radius 2 is 2.07 bits per heavy atom. The van der Waals surface area contributed by atoms with Crippen LogP contribution in [0, 0.1) is 6.92 Å². The molecule has 2 heterocycles. The molecular weight excluding hydrogens is 408 g/mol. The van der Waals surface area contributed by atoms with Crippen LogP contribution in [0.4, 0.5) is 5.69 Å². The van der Waals surface area contributed by atoms with Gasteiger partial charge in [-0.1, -0.05) is 27.2 Å². The maximum atomic E-state index is 8.86. The molecule has 1 aliphatic rings. The van der Waals surface area contributed by atoms with E-state index >= 15 is 0 Å². The summed E-state index contributed by atoms with van der Waals surface area (Å²) in [6.45, 7) is 3.12. The van der Waals surface area contributed by atoms with E-state index in [1.165, 1.54) is 11.1 Å². The molecule has 4 rings (SSSR count). The first-order chi connectivity index (χ1) is 13.2. The summed E-state index contributed by atoms with van der Waals surface area (Å²) in [5.41, 5.74) is 5.46. The van der Waals surface area contributed by atoms with Crippen LogP contribution >= 0.6 is 15.9 Å². The quantitative estimate of drug-likeness (QED) is 0.643. The molecule has 0 bridgehead atoms. The van der Waals surface area contributed by atoms with Gasteiger partial charge < -0.3 is 15.2 Å². The van der Waals surface area contributed by atoms with E-state index in [0.717, 1.165) is 40.3 Å². The normalized spacial score (nSPS) is 15.6. The number of aliphatic hydroxyl groups excluding tert-OH is 1. The molecule has 3 aromatic rings. The van der Waals surface area contributed by atoms with Crippen LogP contribution in [0.15, 0.2) is 46.9 Å². The van der Waals surface area contributed by atoms with Gasteiger partial charge in [0, 0.05) is 22.3 Å². The van der Waals surface area contributed by atoms with Gasteiger partial charge in [-0.3, -0.25) is 0 Å². The van der Waals surface area contributed by atoms with Crippen LogP contribution in [0.1, 0.15) is 23.7 Å². The molecule has 0 fully saturated rings. The van der Waals surface area contributed by atoms with E-state index in [-0.39, 0.29) is 12.6 Å². The fourth-order valence-electron chi connectivity index (χ4n) is 3.50. The summed E-state index contributed by atoms with van der Waals surface area (Å²) < 4.78 is 8.49. The van der Waals surface area contributed by atoms with Crippen LogP contribution in [-0.2, 0) is 6.54 Å². The molecule has 2 aromatic carbocycles. The second-order valence-corrected chi connectivity index (χ2v) is 7.48. The van der Waals surface area contributed by atoms with E-state index in [1.54, 1.807) is 0 Å². The molecule has 1 aliphatic heterocycles. The lowest BCUT2D eigenvalue weighted by molar-refractivity contribution is 0.201. The number of benzene rings is 2. The molecule has 140 valence electrons. The number of fused-ring (bicyclic) bond motifs is 3. The van der Waals surface area contributed by atoms with E-state index in [1.807, 2.05) is 35.9 Å². The Labute approximate surface area is 166 Å². The topological polar surface area (TPSA) is 72.2 Å². The number of rotatable bonds is 5. The minimum atomic E-state index is 0.0108. The van der Waals surface area contributed by atoms with E-state index in [9.17, 15) is 0 Å². The van der Waals surface area contributed by atoms with Crippen LogP contribution in [-0.4, -0.2) is 33.3 Å². The third kappa shape index (κ3) is 3.70. The maximum absolute atomic E-state index is 8.86. The maximum Gasteiger partial charge on any atom is 0.119 e. The lowest BCUT2D eigenvalue weighted by atomic mass is 9.96. The first-order valence-electron chi connectivity index (χ1n) is 8.96. The zero-order chi connectivity index (χ0) is 18.8. The van der Waals surface area contributed by atoms with Gasteiger partial charge in [0.1, 0.15) is 12.4 Å². The van der Waals surface area contributed by atoms with Crippen molar-refractivity contribution in [1.82, 2.24) is 15.0 Å². The summed E-state index contributed by atoms with van der Waals surface area (Å²) in [5.74, 6) is 0.750. The van der Waals surface area contributed by atoms with Gasteiger partial charge in [0.25, 0.3) is 0 Å². The molecule has 2 N–H and O–H groups in total. The third-order valence-corrected chi connectivity index (χ3v) is 5.23. The largest absolute Gasteiger partial charge is 0.491 e. The Morgan fingerprint density at radius 3 is 2.85 bits per heavy atom. The number of hydrogen-bond donors (Lipinski definition) is 2. The van der Waals surface area contributed by atoms with Gasteiger partial charge in [-0.25, -0.2) is 4.68 Å². The van der Waals surface area contributed by atoms with Crippen molar-refractivity contribution in [3.05, 3.63) is 58.2 Å². The molecule has 1 atom stereocenters. The molecule has 27 heavy (non-hydrogen) atoms. The smallest absolute Gasteiger partial charge is 0.119 e. The number of hydrogen-bond acceptors (Lipinski definition) is 5. The zero-order valence-corrected chi connectivity index (χ0v) is 16.6. The Kier molecular flexibility index (Phi) is 5.13. The van der Waals surface area contributed by atoms with Gasteiger partial charge >= 0.3 is 0 Å². The number of aromatic nitrogens is 3. The zero-order valence-electron chi connectivity index (χ0n) is 15.0. The van der Waals surface area contributed by atoms with Gasteiger partial charge in [0.15, 0.2) is 0 Å². The Morgan fingerprint density at radius 1 is 1.26 bits per heavy atom. The van der Waals surface area contributed by atoms with Gasteiger partial charge in [-0.05, 0) is 55.3 Å². The molecule has 6 nitrogen and oxygen atoms in total. The Balaban J connectivity index is 1.64. The SMILES string of the molecule is Cc1nnn2c1-c1ccc(Br)cc1C(Nc1ccc(OCCO)cc1)CC2. The number of ether oxygens (including phenoxy) is 1. The number of aliphatic hydroxyl groups is 1. The summed E-state index contributed by atoms with van der Waals surface area (Å²) in [5, 5.41) is 21.1. The summed E-state index contributed by atoms with van der Waals surface area (Å²) in [6, 6.07) is 14.3. The minimum Gasteiger partial charge on any atom is -0.491 e. The molecule has 0 aliphatic carbocycles. The van der Waals surface area contributed by atoms with Crippen LogP contribution in [0.25, 0.3) is 11.3 Å². The van der Waals surface area contributed by atoms with Crippen molar-refractivity contribution in [3.63, 3.8) is 0 Å². The predicted octanol–water partition coefficient (Wildman–Crippen LogP) is 3.94. The molecule has 0 radical (unpaired) electrons. The van der Waals surface area contributed by atoms with Crippen molar-refractivity contribution in [3.8, 4) is 17.0 Å². The first kappa shape index (κ1) is 18.0. The van der Waals surface area contributed by atoms with Crippen molar-refractivity contribution in [1.29, 1.82) is 0 Å². The predicted molar refractivity (Wildman–Crippen MR) is 108 cm³/mol. The first-order valence-corrected chi connectivity index (χ1v) is 9.75. The summed E-state index contributed by atoms with van der Waals surface area (Å²) >= 11 is 3.61. The molecule has 1 unspecified atom stereocenters. The van der Waals surface area contributed by atoms with Gasteiger partial charge in [0.05, 0.1) is 24.0 Å². The molecular formula is C20H21BrN4O2. The van der Waals surface area contributed by atoms with Crippen molar-refractivity contribution in [2.24, 2.45) is 0 Å². The molecule has 0 amide bonds. The molecule has 0 saturated carbocycles. The van der Waals surface area contributed by atoms with Gasteiger partial charge in [-0.2, -0.15) is 0 Å². The Bertz CT molecular complexity index is 940. The summed E-state index contributed by atoms with van der Waals surface area (Å²) in [4.78, 5) is 0. The van der Waals surface area contributed by atoms with E-state index < -0.39 is 0 Å². The van der Waals surface area contributed by atoms with Gasteiger partial charge in [-0.15, -0.1) is 5.10 Å². The number of nitrogens with one attached hydrogen (secondary N) is 1. The summed E-state index contributed by atoms with van der Waals surface area (Å²) in [6.07, 6.45) is 0.905. The van der Waals surface area contributed by atoms with Gasteiger partial charge in [0.2, 0.25) is 0 Å². The third-order valence-electron chi connectivity index (χ3n) is 4.73. The standard InChI is InChI=1S/C20H21BrN4O2/c1-13-20-17-7-2-14(21)12-18(17)19(8-9-25(20)24-23-13)22-15-3-5-16(6-4-15)27-11-10-26/h2-7,12,19,22,26H,8-11H2,1H3.